The Morgan fingerprint density at radius 3 is 2.03 bits per heavy atom. The second-order valence-corrected chi connectivity index (χ2v) is 6.51. The molecule has 0 radical (unpaired) electrons. The standard InChI is InChI=1S/C22H14F2N4O3/c23-14-10-13(11-15(24)12-14)20(29)25-26-21(30)19-17-8-4-5-9-18(17)22(31)28(27-19)16-6-2-1-3-7-16/h1-12H,(H,25,29)(H,26,30). The van der Waals surface area contributed by atoms with Gasteiger partial charge in [-0.1, -0.05) is 36.4 Å². The van der Waals surface area contributed by atoms with Crippen LogP contribution in [-0.2, 0) is 0 Å². The Kier molecular flexibility index (Phi) is 5.23. The fraction of sp³-hybridized carbons (Fsp3) is 0. The predicted molar refractivity (Wildman–Crippen MR) is 109 cm³/mol. The third-order valence-electron chi connectivity index (χ3n) is 4.44. The van der Waals surface area contributed by atoms with Crippen molar-refractivity contribution >= 4 is 22.6 Å². The van der Waals surface area contributed by atoms with Crippen LogP contribution in [0.1, 0.15) is 20.8 Å². The number of aromatic nitrogens is 2. The number of nitrogens with one attached hydrogen (secondary N) is 2. The highest BCUT2D eigenvalue weighted by Crippen LogP contribution is 2.15. The number of carbonyl (C=O) groups is 2. The lowest BCUT2D eigenvalue weighted by molar-refractivity contribution is 0.0843. The van der Waals surface area contributed by atoms with E-state index in [0.29, 0.717) is 11.8 Å². The molecule has 4 rings (SSSR count). The number of fused-ring (bicyclic) bond motifs is 1. The summed E-state index contributed by atoms with van der Waals surface area (Å²) in [4.78, 5) is 37.8. The lowest BCUT2D eigenvalue weighted by atomic mass is 10.1. The molecule has 3 aromatic carbocycles. The van der Waals surface area contributed by atoms with Gasteiger partial charge in [0.15, 0.2) is 5.69 Å². The molecule has 0 bridgehead atoms. The number of para-hydroxylation sites is 1. The maximum absolute atomic E-state index is 13.3. The summed E-state index contributed by atoms with van der Waals surface area (Å²) in [5.41, 5.74) is 3.85. The average Bonchev–Trinajstić information content (AvgIpc) is 2.77. The Bertz CT molecular complexity index is 1350. The van der Waals surface area contributed by atoms with Crippen LogP contribution in [0.25, 0.3) is 16.5 Å². The van der Waals surface area contributed by atoms with Gasteiger partial charge in [-0.15, -0.1) is 0 Å². The van der Waals surface area contributed by atoms with Gasteiger partial charge in [0, 0.05) is 17.0 Å². The van der Waals surface area contributed by atoms with Crippen LogP contribution in [-0.4, -0.2) is 21.6 Å². The van der Waals surface area contributed by atoms with Crippen molar-refractivity contribution in [2.24, 2.45) is 0 Å². The van der Waals surface area contributed by atoms with Gasteiger partial charge in [0.2, 0.25) is 0 Å². The number of benzene rings is 3. The molecule has 31 heavy (non-hydrogen) atoms. The van der Waals surface area contributed by atoms with Crippen LogP contribution >= 0.6 is 0 Å². The first kappa shape index (κ1) is 19.9. The van der Waals surface area contributed by atoms with Crippen molar-refractivity contribution in [3.63, 3.8) is 0 Å². The molecule has 2 N–H and O–H groups in total. The maximum atomic E-state index is 13.3. The van der Waals surface area contributed by atoms with E-state index in [4.69, 9.17) is 0 Å². The summed E-state index contributed by atoms with van der Waals surface area (Å²) >= 11 is 0. The molecule has 154 valence electrons. The van der Waals surface area contributed by atoms with Gasteiger partial charge in [-0.25, -0.2) is 8.78 Å². The van der Waals surface area contributed by atoms with Gasteiger partial charge < -0.3 is 0 Å². The van der Waals surface area contributed by atoms with E-state index in [1.54, 1.807) is 54.6 Å². The first-order valence-corrected chi connectivity index (χ1v) is 9.08. The zero-order valence-corrected chi connectivity index (χ0v) is 15.8. The molecule has 0 aliphatic heterocycles. The molecular weight excluding hydrogens is 406 g/mol. The van der Waals surface area contributed by atoms with Crippen LogP contribution < -0.4 is 16.4 Å². The number of halogens is 2. The second-order valence-electron chi connectivity index (χ2n) is 6.51. The Labute approximate surface area is 173 Å². The van der Waals surface area contributed by atoms with Crippen molar-refractivity contribution < 1.29 is 18.4 Å². The van der Waals surface area contributed by atoms with Crippen molar-refractivity contribution in [3.8, 4) is 5.69 Å². The predicted octanol–water partition coefficient (Wildman–Crippen LogP) is 2.74. The highest BCUT2D eigenvalue weighted by atomic mass is 19.1. The van der Waals surface area contributed by atoms with Crippen molar-refractivity contribution in [2.45, 2.75) is 0 Å². The third kappa shape index (κ3) is 4.01. The van der Waals surface area contributed by atoms with E-state index < -0.39 is 29.0 Å². The first-order chi connectivity index (χ1) is 14.9. The third-order valence-corrected chi connectivity index (χ3v) is 4.44. The number of rotatable bonds is 3. The van der Waals surface area contributed by atoms with Crippen LogP contribution in [0.15, 0.2) is 77.6 Å². The summed E-state index contributed by atoms with van der Waals surface area (Å²) in [5.74, 6) is -3.60. The van der Waals surface area contributed by atoms with E-state index in [9.17, 15) is 23.2 Å². The summed E-state index contributed by atoms with van der Waals surface area (Å²) < 4.78 is 27.7. The Morgan fingerprint density at radius 2 is 1.35 bits per heavy atom. The van der Waals surface area contributed by atoms with E-state index in [1.165, 1.54) is 0 Å². The van der Waals surface area contributed by atoms with Crippen LogP contribution in [0.2, 0.25) is 0 Å². The molecule has 0 aliphatic rings. The molecule has 0 aliphatic carbocycles. The minimum absolute atomic E-state index is 0.121. The quantitative estimate of drug-likeness (QED) is 0.499. The minimum atomic E-state index is -0.931. The van der Waals surface area contributed by atoms with Gasteiger partial charge >= 0.3 is 0 Å². The van der Waals surface area contributed by atoms with E-state index in [1.807, 2.05) is 0 Å². The largest absolute Gasteiger partial charge is 0.290 e. The molecule has 0 atom stereocenters. The van der Waals surface area contributed by atoms with Crippen LogP contribution in [0.4, 0.5) is 8.78 Å². The van der Waals surface area contributed by atoms with Crippen LogP contribution in [0.5, 0.6) is 0 Å². The summed E-state index contributed by atoms with van der Waals surface area (Å²) in [6.07, 6.45) is 0. The maximum Gasteiger partial charge on any atom is 0.290 e. The van der Waals surface area contributed by atoms with Crippen molar-refractivity contribution in [2.75, 3.05) is 0 Å². The van der Waals surface area contributed by atoms with E-state index >= 15 is 0 Å². The molecule has 0 unspecified atom stereocenters. The number of carbonyl (C=O) groups excluding carboxylic acids is 2. The molecule has 1 heterocycles. The summed E-state index contributed by atoms with van der Waals surface area (Å²) in [6.45, 7) is 0. The normalized spacial score (nSPS) is 10.6. The first-order valence-electron chi connectivity index (χ1n) is 9.08. The molecule has 4 aromatic rings. The molecule has 0 saturated carbocycles. The summed E-state index contributed by atoms with van der Waals surface area (Å²) in [5, 5.41) is 4.71. The highest BCUT2D eigenvalue weighted by molar-refractivity contribution is 6.06. The lowest BCUT2D eigenvalue weighted by Gasteiger charge is -2.12. The number of amides is 2. The monoisotopic (exact) mass is 420 g/mol. The minimum Gasteiger partial charge on any atom is -0.267 e. The topological polar surface area (TPSA) is 93.1 Å². The van der Waals surface area contributed by atoms with Gasteiger partial charge in [-0.2, -0.15) is 9.78 Å². The number of hydrogen-bond donors (Lipinski definition) is 2. The van der Waals surface area contributed by atoms with Gasteiger partial charge in [0.25, 0.3) is 17.4 Å². The second kappa shape index (κ2) is 8.15. The molecule has 1 aromatic heterocycles. The van der Waals surface area contributed by atoms with Crippen molar-refractivity contribution in [1.29, 1.82) is 0 Å². The average molecular weight is 420 g/mol. The zero-order chi connectivity index (χ0) is 22.0. The fourth-order valence-electron chi connectivity index (χ4n) is 3.03. The van der Waals surface area contributed by atoms with Crippen LogP contribution in [0, 0.1) is 11.6 Å². The molecule has 7 nitrogen and oxygen atoms in total. The summed E-state index contributed by atoms with van der Waals surface area (Å²) in [6, 6.07) is 17.2. The molecule has 9 heteroatoms. The lowest BCUT2D eigenvalue weighted by Crippen LogP contribution is -2.42. The zero-order valence-electron chi connectivity index (χ0n) is 15.8. The molecule has 0 saturated heterocycles. The summed E-state index contributed by atoms with van der Waals surface area (Å²) in [7, 11) is 0. The molecule has 2 amide bonds. The van der Waals surface area contributed by atoms with E-state index in [0.717, 1.165) is 16.8 Å². The van der Waals surface area contributed by atoms with E-state index in [2.05, 4.69) is 16.0 Å². The molecule has 0 fully saturated rings. The van der Waals surface area contributed by atoms with Crippen molar-refractivity contribution in [1.82, 2.24) is 20.6 Å². The number of nitrogens with zero attached hydrogens (tertiary/aromatic N) is 2. The highest BCUT2D eigenvalue weighted by Gasteiger charge is 2.18. The Morgan fingerprint density at radius 1 is 0.774 bits per heavy atom. The Balaban J connectivity index is 1.68. The van der Waals surface area contributed by atoms with Crippen LogP contribution in [0.3, 0.4) is 0 Å². The SMILES string of the molecule is O=C(NNC(=O)c1nn(-c2ccccc2)c(=O)c2ccccc12)c1cc(F)cc(F)c1. The van der Waals surface area contributed by atoms with Gasteiger partial charge in [-0.05, 0) is 30.3 Å². The Hall–Kier alpha value is -4.40. The van der Waals surface area contributed by atoms with E-state index in [-0.39, 0.29) is 22.0 Å². The van der Waals surface area contributed by atoms with Crippen molar-refractivity contribution in [3.05, 3.63) is 106 Å². The van der Waals surface area contributed by atoms with Gasteiger partial charge in [0.05, 0.1) is 11.1 Å². The molecule has 0 spiro atoms. The fourth-order valence-corrected chi connectivity index (χ4v) is 3.03. The number of hydrazine groups is 1. The molecular formula is C22H14F2N4O3. The van der Waals surface area contributed by atoms with Gasteiger partial charge in [-0.3, -0.25) is 25.2 Å². The smallest absolute Gasteiger partial charge is 0.267 e. The van der Waals surface area contributed by atoms with Gasteiger partial charge in [0.1, 0.15) is 11.6 Å². The number of hydrogen-bond acceptors (Lipinski definition) is 4.